The van der Waals surface area contributed by atoms with Crippen LogP contribution in [0.3, 0.4) is 0 Å². The molecule has 0 radical (unpaired) electrons. The summed E-state index contributed by atoms with van der Waals surface area (Å²) in [5.41, 5.74) is 42.5. The first-order chi connectivity index (χ1) is 65.8. The summed E-state index contributed by atoms with van der Waals surface area (Å²) >= 11 is 1.57. The van der Waals surface area contributed by atoms with Crippen molar-refractivity contribution in [2.24, 2.45) is 0 Å². The van der Waals surface area contributed by atoms with Crippen LogP contribution in [0.15, 0.2) is 375 Å². The predicted octanol–water partition coefficient (Wildman–Crippen LogP) is 32.7. The smallest absolute Gasteiger partial charge is 0.237 e. The standard InChI is InChI=1S/C42H32N2O2.2C28H20N2O2.C20H14N2O2S/c1-25-21-27(3)39-37(23-25)43-41(45-39)35-17-13-33(14-18-35)31-9-5-29(6-10-31)30-7-11-32(12-8-30)34-15-19-36(20-16-34)42-44-38-24-26(2)22-28(4)40(38)46-42;2*1-17-3-13-25-23(15-17)29-27(31-25)21-9-5-19(6-10-21)20-7-11-22(12-8-20)28-30-24-16-18(2)4-14-26(24)32-28;1-11-3-5-15-13(9-11)21-19(23-15)17-7-8-18(25-17)20-22-14-10-12(2)4-6-16(14)24-20/h5-24H,1-4H3;2*3-16H,1-2H3;3-10H,1-2H3. The molecule has 0 aliphatic carbocycles. The number of hydrogen-bond acceptors (Lipinski definition) is 17. The Morgan fingerprint density at radius 2 is 0.311 bits per heavy atom. The van der Waals surface area contributed by atoms with Crippen LogP contribution in [-0.4, -0.2) is 39.9 Å². The van der Waals surface area contributed by atoms with E-state index in [1.807, 2.05) is 184 Å². The highest BCUT2D eigenvalue weighted by Crippen LogP contribution is 2.41. The highest BCUT2D eigenvalue weighted by atomic mass is 32.1. The van der Waals surface area contributed by atoms with Crippen LogP contribution in [0.25, 0.3) is 235 Å². The van der Waals surface area contributed by atoms with Gasteiger partial charge in [0.15, 0.2) is 44.7 Å². The average Bonchev–Trinajstić information content (AvgIpc) is 1.71. The Hall–Kier alpha value is -17.0. The molecule has 0 N–H and O–H groups in total. The third-order valence-electron chi connectivity index (χ3n) is 24.2. The minimum atomic E-state index is 0.629. The van der Waals surface area contributed by atoms with Crippen LogP contribution in [-0.2, 0) is 0 Å². The zero-order valence-corrected chi connectivity index (χ0v) is 76.4. The molecule has 0 aliphatic heterocycles. The number of hydrogen-bond donors (Lipinski definition) is 0. The molecule has 0 spiro atoms. The van der Waals surface area contributed by atoms with Gasteiger partial charge in [0.05, 0.1) is 9.75 Å². The van der Waals surface area contributed by atoms with E-state index in [9.17, 15) is 0 Å². The van der Waals surface area contributed by atoms with Gasteiger partial charge >= 0.3 is 0 Å². The number of fused-ring (bicyclic) bond motifs is 8. The molecule has 16 aromatic carbocycles. The van der Waals surface area contributed by atoms with E-state index in [2.05, 4.69) is 255 Å². The maximum atomic E-state index is 6.11. The van der Waals surface area contributed by atoms with Crippen molar-refractivity contribution in [3.63, 3.8) is 0 Å². The molecule has 0 bridgehead atoms. The van der Waals surface area contributed by atoms with Crippen LogP contribution in [0, 0.1) is 69.2 Å². The Labute approximate surface area is 780 Å². The largest absolute Gasteiger partial charge is 0.436 e. The van der Waals surface area contributed by atoms with Gasteiger partial charge < -0.3 is 35.3 Å². The molecule has 0 unspecified atom stereocenters. The second-order valence-electron chi connectivity index (χ2n) is 34.6. The second kappa shape index (κ2) is 35.0. The van der Waals surface area contributed by atoms with Gasteiger partial charge in [0, 0.05) is 33.4 Å². The van der Waals surface area contributed by atoms with Crippen LogP contribution in [0.1, 0.15) is 55.6 Å². The molecule has 0 atom stereocenters. The van der Waals surface area contributed by atoms with Crippen molar-refractivity contribution >= 4 is 100 Å². The lowest BCUT2D eigenvalue weighted by Crippen LogP contribution is -1.83. The predicted molar refractivity (Wildman–Crippen MR) is 542 cm³/mol. The van der Waals surface area contributed by atoms with Crippen LogP contribution in [0.2, 0.25) is 0 Å². The molecule has 16 nitrogen and oxygen atoms in total. The van der Waals surface area contributed by atoms with Gasteiger partial charge in [-0.25, -0.2) is 39.9 Å². The van der Waals surface area contributed by atoms with Gasteiger partial charge in [0.1, 0.15) is 44.1 Å². The summed E-state index contributed by atoms with van der Waals surface area (Å²) in [6.07, 6.45) is 0. The molecule has 0 saturated heterocycles. The van der Waals surface area contributed by atoms with Crippen molar-refractivity contribution in [2.75, 3.05) is 0 Å². The first-order valence-corrected chi connectivity index (χ1v) is 45.5. The molecule has 0 amide bonds. The van der Waals surface area contributed by atoms with E-state index >= 15 is 0 Å². The molecule has 25 aromatic rings. The maximum Gasteiger partial charge on any atom is 0.237 e. The molecule has 9 heterocycles. The van der Waals surface area contributed by atoms with E-state index in [-0.39, 0.29) is 0 Å². The number of thiophene rings is 1. The minimum Gasteiger partial charge on any atom is -0.436 e. The van der Waals surface area contributed by atoms with Gasteiger partial charge in [0.2, 0.25) is 47.1 Å². The second-order valence-corrected chi connectivity index (χ2v) is 35.7. The molecule has 0 fully saturated rings. The van der Waals surface area contributed by atoms with E-state index in [1.165, 1.54) is 66.8 Å². The van der Waals surface area contributed by atoms with E-state index in [4.69, 9.17) is 45.3 Å². The molecule has 9 aromatic heterocycles. The highest BCUT2D eigenvalue weighted by molar-refractivity contribution is 7.18. The number of rotatable bonds is 13. The Kier molecular flexibility index (Phi) is 21.7. The molecule has 0 aliphatic rings. The van der Waals surface area contributed by atoms with Gasteiger partial charge in [-0.2, -0.15) is 0 Å². The summed E-state index contributed by atoms with van der Waals surface area (Å²) in [5.74, 6) is 5.11. The van der Waals surface area contributed by atoms with Crippen molar-refractivity contribution < 1.29 is 35.3 Å². The van der Waals surface area contributed by atoms with Crippen LogP contribution >= 0.6 is 11.3 Å². The molecule has 25 rings (SSSR count). The average molecular weight is 1780 g/mol. The van der Waals surface area contributed by atoms with Gasteiger partial charge in [-0.3, -0.25) is 0 Å². The summed E-state index contributed by atoms with van der Waals surface area (Å²) < 4.78 is 47.7. The summed E-state index contributed by atoms with van der Waals surface area (Å²) in [5, 5.41) is 0. The summed E-state index contributed by atoms with van der Waals surface area (Å²) in [6.45, 7) is 20.6. The molecular weight excluding hydrogens is 1690 g/mol. The van der Waals surface area contributed by atoms with E-state index < -0.39 is 0 Å². The minimum absolute atomic E-state index is 0.629. The van der Waals surface area contributed by atoms with Gasteiger partial charge in [-0.05, 0) is 350 Å². The number of aromatic nitrogens is 8. The molecule has 17 heteroatoms. The maximum absolute atomic E-state index is 6.11. The Balaban J connectivity index is 0.000000107. The molecule has 652 valence electrons. The molecule has 0 saturated carbocycles. The van der Waals surface area contributed by atoms with Crippen molar-refractivity contribution in [1.29, 1.82) is 0 Å². The summed E-state index contributed by atoms with van der Waals surface area (Å²) in [6, 6.07) is 116. The Bertz CT molecular complexity index is 8000. The topological polar surface area (TPSA) is 208 Å². The first kappa shape index (κ1) is 83.6. The molecular formula is C118H86N8O8S. The normalized spacial score (nSPS) is 11.5. The van der Waals surface area contributed by atoms with E-state index in [1.54, 1.807) is 11.3 Å². The van der Waals surface area contributed by atoms with Crippen molar-refractivity contribution in [3.05, 3.63) is 395 Å². The fraction of sp³-hybridized carbons (Fsp3) is 0.0847. The van der Waals surface area contributed by atoms with E-state index in [0.29, 0.717) is 47.1 Å². The monoisotopic (exact) mass is 1770 g/mol. The highest BCUT2D eigenvalue weighted by Gasteiger charge is 2.21. The van der Waals surface area contributed by atoms with Crippen LogP contribution in [0.4, 0.5) is 0 Å². The number of nitrogens with zero attached hydrogens (tertiary/aromatic N) is 8. The molecule has 135 heavy (non-hydrogen) atoms. The zero-order chi connectivity index (χ0) is 91.6. The summed E-state index contributed by atoms with van der Waals surface area (Å²) in [4.78, 5) is 39.1. The van der Waals surface area contributed by atoms with Gasteiger partial charge in [0.25, 0.3) is 0 Å². The lowest BCUT2D eigenvalue weighted by molar-refractivity contribution is 0.617. The first-order valence-electron chi connectivity index (χ1n) is 44.7. The van der Waals surface area contributed by atoms with Crippen LogP contribution < -0.4 is 0 Å². The van der Waals surface area contributed by atoms with Crippen molar-refractivity contribution in [2.45, 2.75) is 69.2 Å². The van der Waals surface area contributed by atoms with Gasteiger partial charge in [-0.15, -0.1) is 11.3 Å². The van der Waals surface area contributed by atoms with Crippen molar-refractivity contribution in [3.8, 4) is 146 Å². The lowest BCUT2D eigenvalue weighted by Gasteiger charge is -2.08. The quantitative estimate of drug-likeness (QED) is 0.105. The fourth-order valence-electron chi connectivity index (χ4n) is 17.0. The number of aryl methyl sites for hydroxylation is 10. The third-order valence-corrected chi connectivity index (χ3v) is 25.2. The van der Waals surface area contributed by atoms with Crippen molar-refractivity contribution in [1.82, 2.24) is 39.9 Å². The number of oxazole rings is 8. The Morgan fingerprint density at radius 1 is 0.148 bits per heavy atom. The number of benzene rings is 16. The zero-order valence-electron chi connectivity index (χ0n) is 75.6. The lowest BCUT2D eigenvalue weighted by atomic mass is 9.97. The summed E-state index contributed by atoms with van der Waals surface area (Å²) in [7, 11) is 0. The van der Waals surface area contributed by atoms with Crippen LogP contribution in [0.5, 0.6) is 0 Å². The van der Waals surface area contributed by atoms with E-state index in [0.717, 1.165) is 176 Å². The van der Waals surface area contributed by atoms with Gasteiger partial charge in [-0.1, -0.05) is 170 Å². The fourth-order valence-corrected chi connectivity index (χ4v) is 17.9. The third kappa shape index (κ3) is 17.4. The SMILES string of the molecule is Cc1cc(C)c2oc(-c3ccc(-c4ccc(-c5ccc(-c6ccc(-c7nc8cc(C)cc(C)c8o7)cc6)cc5)cc4)cc3)nc2c1.Cc1ccc2oc(-c3ccc(-c4ccc(-c5nc6cc(C)ccc6o5)cc4)cc3)nc2c1.Cc1ccc2oc(-c3ccc(-c4ccc(-c5nc6cc(C)ccc6o5)cc4)cc3)nc2c1.Cc1ccc2oc(-c3ccc(-c4nc5cc(C)ccc5o4)s3)nc2c1. The Morgan fingerprint density at radius 3 is 0.519 bits per heavy atom.